The number of ether oxygens (including phenoxy) is 1. The van der Waals surface area contributed by atoms with Crippen LogP contribution in [0.2, 0.25) is 5.02 Å². The predicted molar refractivity (Wildman–Crippen MR) is 152 cm³/mol. The molecule has 0 atom stereocenters. The maximum absolute atomic E-state index is 11.8. The summed E-state index contributed by atoms with van der Waals surface area (Å²) in [5, 5.41) is 4.46. The standard InChI is InChI=1S/C29H32ClN7O3/c1-2-18-7-9-19(10-8-18)16-36-23-22(20-5-3-6-21(30)15-20)31-25(26-34-28(38)40-35-26)32-24(23)33-27(36)37-13-14-39-17-29(37)11-4-12-29/h2-3,5-6,15,18-19H,1,4,7-14,16-17H2,(H,34,35,38). The molecule has 208 valence electrons. The van der Waals surface area contributed by atoms with Crippen molar-refractivity contribution in [1.82, 2.24) is 29.7 Å². The fourth-order valence-electron chi connectivity index (χ4n) is 6.58. The number of hydrogen-bond acceptors (Lipinski definition) is 8. The van der Waals surface area contributed by atoms with Crippen molar-refractivity contribution < 1.29 is 9.26 Å². The molecule has 7 rings (SSSR count). The van der Waals surface area contributed by atoms with Crippen LogP contribution in [0.4, 0.5) is 5.95 Å². The lowest BCUT2D eigenvalue weighted by Crippen LogP contribution is -2.62. The summed E-state index contributed by atoms with van der Waals surface area (Å²) in [7, 11) is 0. The fourth-order valence-corrected chi connectivity index (χ4v) is 6.77. The molecule has 0 bridgehead atoms. The second-order valence-corrected chi connectivity index (χ2v) is 11.8. The van der Waals surface area contributed by atoms with E-state index in [2.05, 4.69) is 32.3 Å². The smallest absolute Gasteiger partial charge is 0.377 e. The van der Waals surface area contributed by atoms with Crippen LogP contribution in [0.15, 0.2) is 46.2 Å². The zero-order chi connectivity index (χ0) is 27.3. The monoisotopic (exact) mass is 561 g/mol. The molecule has 4 heterocycles. The average molecular weight is 562 g/mol. The van der Waals surface area contributed by atoms with E-state index in [9.17, 15) is 4.79 Å². The fraction of sp³-hybridized carbons (Fsp3) is 0.483. The van der Waals surface area contributed by atoms with Gasteiger partial charge in [0.15, 0.2) is 5.65 Å². The molecule has 0 unspecified atom stereocenters. The molecule has 40 heavy (non-hydrogen) atoms. The van der Waals surface area contributed by atoms with Crippen LogP contribution in [0, 0.1) is 11.8 Å². The molecule has 1 aromatic carbocycles. The summed E-state index contributed by atoms with van der Waals surface area (Å²) >= 11 is 6.45. The minimum absolute atomic E-state index is 0.0400. The van der Waals surface area contributed by atoms with Crippen LogP contribution in [0.5, 0.6) is 0 Å². The maximum atomic E-state index is 11.8. The number of imidazole rings is 1. The first-order chi connectivity index (χ1) is 19.5. The summed E-state index contributed by atoms with van der Waals surface area (Å²) in [6, 6.07) is 7.63. The summed E-state index contributed by atoms with van der Waals surface area (Å²) in [5.41, 5.74) is 2.91. The summed E-state index contributed by atoms with van der Waals surface area (Å²) < 4.78 is 13.1. The van der Waals surface area contributed by atoms with E-state index < -0.39 is 5.76 Å². The largest absolute Gasteiger partial charge is 0.439 e. The number of halogens is 1. The van der Waals surface area contributed by atoms with Gasteiger partial charge in [0.05, 0.1) is 18.8 Å². The topological polar surface area (TPSA) is 115 Å². The normalized spacial score (nSPS) is 22.5. The van der Waals surface area contributed by atoms with E-state index in [0.29, 0.717) is 41.4 Å². The minimum atomic E-state index is -0.662. The number of morpholine rings is 1. The first kappa shape index (κ1) is 25.5. The van der Waals surface area contributed by atoms with Gasteiger partial charge in [0, 0.05) is 23.7 Å². The predicted octanol–water partition coefficient (Wildman–Crippen LogP) is 5.24. The Hall–Kier alpha value is -3.50. The number of allylic oxidation sites excluding steroid dienone is 1. The van der Waals surface area contributed by atoms with Gasteiger partial charge in [-0.15, -0.1) is 6.58 Å². The molecule has 1 aliphatic heterocycles. The van der Waals surface area contributed by atoms with Crippen molar-refractivity contribution in [2.24, 2.45) is 11.8 Å². The zero-order valence-corrected chi connectivity index (χ0v) is 23.1. The van der Waals surface area contributed by atoms with Gasteiger partial charge in [-0.1, -0.05) is 35.0 Å². The Labute approximate surface area is 236 Å². The molecule has 4 aromatic rings. The van der Waals surface area contributed by atoms with E-state index in [0.717, 1.165) is 68.6 Å². The molecule has 3 fully saturated rings. The number of hydrogen-bond donors (Lipinski definition) is 1. The Bertz CT molecular complexity index is 1610. The first-order valence-corrected chi connectivity index (χ1v) is 14.5. The highest BCUT2D eigenvalue weighted by atomic mass is 35.5. The summed E-state index contributed by atoms with van der Waals surface area (Å²) in [4.78, 5) is 31.7. The molecule has 0 radical (unpaired) electrons. The number of anilines is 1. The SMILES string of the molecule is C=CC1CCC(Cn2c(N3CCOCC34CCC4)nc3nc(-c4noc(=O)[nH]4)nc(-c4cccc(Cl)c4)c32)CC1. The molecule has 1 N–H and O–H groups in total. The van der Waals surface area contributed by atoms with Crippen molar-refractivity contribution in [3.63, 3.8) is 0 Å². The van der Waals surface area contributed by atoms with Crippen LogP contribution in [0.1, 0.15) is 44.9 Å². The van der Waals surface area contributed by atoms with Gasteiger partial charge in [-0.2, -0.15) is 4.98 Å². The van der Waals surface area contributed by atoms with E-state index in [-0.39, 0.29) is 17.2 Å². The molecule has 3 aromatic heterocycles. The van der Waals surface area contributed by atoms with Gasteiger partial charge >= 0.3 is 5.76 Å². The average Bonchev–Trinajstić information content (AvgIpc) is 3.55. The van der Waals surface area contributed by atoms with Crippen LogP contribution in [-0.2, 0) is 11.3 Å². The second-order valence-electron chi connectivity index (χ2n) is 11.3. The van der Waals surface area contributed by atoms with Gasteiger partial charge in [-0.3, -0.25) is 9.51 Å². The van der Waals surface area contributed by atoms with E-state index in [1.54, 1.807) is 0 Å². The van der Waals surface area contributed by atoms with Crippen LogP contribution in [-0.4, -0.2) is 55.0 Å². The molecular weight excluding hydrogens is 530 g/mol. The quantitative estimate of drug-likeness (QED) is 0.318. The highest BCUT2D eigenvalue weighted by Gasteiger charge is 2.47. The molecule has 2 aliphatic carbocycles. The van der Waals surface area contributed by atoms with Crippen molar-refractivity contribution >= 4 is 28.7 Å². The number of nitrogens with zero attached hydrogens (tertiary/aromatic N) is 6. The Kier molecular flexibility index (Phi) is 6.47. The molecular formula is C29H32ClN7O3. The van der Waals surface area contributed by atoms with E-state index in [1.165, 1.54) is 6.42 Å². The van der Waals surface area contributed by atoms with Crippen molar-refractivity contribution in [2.75, 3.05) is 24.7 Å². The highest BCUT2D eigenvalue weighted by molar-refractivity contribution is 6.30. The molecule has 10 nitrogen and oxygen atoms in total. The highest BCUT2D eigenvalue weighted by Crippen LogP contribution is 2.44. The number of fused-ring (bicyclic) bond motifs is 1. The molecule has 1 saturated heterocycles. The lowest BCUT2D eigenvalue weighted by atomic mass is 9.75. The Balaban J connectivity index is 1.44. The van der Waals surface area contributed by atoms with Gasteiger partial charge in [-0.25, -0.2) is 14.8 Å². The molecule has 11 heteroatoms. The van der Waals surface area contributed by atoms with Crippen LogP contribution in [0.3, 0.4) is 0 Å². The van der Waals surface area contributed by atoms with Gasteiger partial charge in [0.1, 0.15) is 11.2 Å². The van der Waals surface area contributed by atoms with Crippen molar-refractivity contribution in [1.29, 1.82) is 0 Å². The van der Waals surface area contributed by atoms with Crippen molar-refractivity contribution in [3.05, 3.63) is 52.5 Å². The number of rotatable bonds is 6. The Morgan fingerprint density at radius 3 is 2.73 bits per heavy atom. The van der Waals surface area contributed by atoms with Crippen LogP contribution >= 0.6 is 11.6 Å². The summed E-state index contributed by atoms with van der Waals surface area (Å²) in [5.74, 6) is 1.75. The van der Waals surface area contributed by atoms with Crippen molar-refractivity contribution in [2.45, 2.75) is 57.0 Å². The molecule has 0 amide bonds. The van der Waals surface area contributed by atoms with Crippen molar-refractivity contribution in [3.8, 4) is 22.9 Å². The third-order valence-corrected chi connectivity index (χ3v) is 9.16. The van der Waals surface area contributed by atoms with Gasteiger partial charge < -0.3 is 14.2 Å². The van der Waals surface area contributed by atoms with Gasteiger partial charge in [0.25, 0.3) is 0 Å². The van der Waals surface area contributed by atoms with Crippen LogP contribution < -0.4 is 10.7 Å². The minimum Gasteiger partial charge on any atom is -0.377 e. The molecule has 3 aliphatic rings. The Morgan fingerprint density at radius 1 is 1.18 bits per heavy atom. The number of aromatic amines is 1. The molecule has 2 saturated carbocycles. The van der Waals surface area contributed by atoms with E-state index in [1.807, 2.05) is 24.3 Å². The van der Waals surface area contributed by atoms with E-state index in [4.69, 9.17) is 35.8 Å². The van der Waals surface area contributed by atoms with Crippen LogP contribution in [0.25, 0.3) is 34.1 Å². The lowest BCUT2D eigenvalue weighted by molar-refractivity contribution is 0.0118. The zero-order valence-electron chi connectivity index (χ0n) is 22.3. The van der Waals surface area contributed by atoms with Gasteiger partial charge in [-0.05, 0) is 68.9 Å². The molecule has 1 spiro atoms. The number of H-pyrrole nitrogens is 1. The van der Waals surface area contributed by atoms with Gasteiger partial charge in [0.2, 0.25) is 17.6 Å². The second kappa shape index (κ2) is 10.2. The summed E-state index contributed by atoms with van der Waals surface area (Å²) in [6.07, 6.45) is 10.0. The lowest BCUT2D eigenvalue weighted by Gasteiger charge is -2.53. The number of benzene rings is 1. The number of aromatic nitrogens is 6. The maximum Gasteiger partial charge on any atom is 0.439 e. The Morgan fingerprint density at radius 2 is 2.02 bits per heavy atom. The summed E-state index contributed by atoms with van der Waals surface area (Å²) in [6.45, 7) is 6.99. The number of nitrogens with one attached hydrogen (secondary N) is 1. The third-order valence-electron chi connectivity index (χ3n) is 8.93. The third kappa shape index (κ3) is 4.43. The van der Waals surface area contributed by atoms with E-state index >= 15 is 0 Å². The first-order valence-electron chi connectivity index (χ1n) is 14.1.